The smallest absolute Gasteiger partial charge is 0.323 e. The van der Waals surface area contributed by atoms with Gasteiger partial charge in [0.05, 0.1) is 37.6 Å². The molecule has 1 aliphatic heterocycles. The summed E-state index contributed by atoms with van der Waals surface area (Å²) in [7, 11) is -0.922. The van der Waals surface area contributed by atoms with Crippen molar-refractivity contribution in [3.8, 4) is 11.5 Å². The van der Waals surface area contributed by atoms with Gasteiger partial charge in [0.1, 0.15) is 23.4 Å². The Hall–Kier alpha value is -4.20. The second-order valence-corrected chi connectivity index (χ2v) is 12.8. The zero-order valence-electron chi connectivity index (χ0n) is 25.0. The molecule has 0 bridgehead atoms. The molecule has 3 aromatic carbocycles. The molecule has 1 aliphatic rings. The van der Waals surface area contributed by atoms with Gasteiger partial charge in [-0.15, -0.1) is 0 Å². The number of urea groups is 1. The zero-order valence-corrected chi connectivity index (χ0v) is 25.8. The summed E-state index contributed by atoms with van der Waals surface area (Å²) in [6.07, 6.45) is -0.750. The molecular weight excluding hydrogens is 591 g/mol. The summed E-state index contributed by atoms with van der Waals surface area (Å²) in [6, 6.07) is 15.2. The van der Waals surface area contributed by atoms with Gasteiger partial charge in [-0.1, -0.05) is 6.92 Å². The van der Waals surface area contributed by atoms with Crippen molar-refractivity contribution in [1.82, 2.24) is 9.21 Å². The molecule has 4 rings (SSSR count). The number of rotatable bonds is 9. The van der Waals surface area contributed by atoms with E-state index in [9.17, 15) is 27.5 Å². The maximum atomic E-state index is 13.5. The first-order chi connectivity index (χ1) is 20.9. The van der Waals surface area contributed by atoms with E-state index in [0.717, 1.165) is 0 Å². The monoisotopic (exact) mass is 628 g/mol. The van der Waals surface area contributed by atoms with Crippen molar-refractivity contribution in [3.05, 3.63) is 78.1 Å². The number of fused-ring (bicyclic) bond motifs is 1. The number of carbonyl (C=O) groups is 2. The molecule has 1 heterocycles. The van der Waals surface area contributed by atoms with E-state index in [1.165, 1.54) is 54.9 Å². The van der Waals surface area contributed by atoms with E-state index in [1.54, 1.807) is 42.2 Å². The summed E-state index contributed by atoms with van der Waals surface area (Å²) < 4.78 is 52.8. The van der Waals surface area contributed by atoms with Gasteiger partial charge < -0.3 is 30.1 Å². The van der Waals surface area contributed by atoms with Gasteiger partial charge in [0.15, 0.2) is 0 Å². The summed E-state index contributed by atoms with van der Waals surface area (Å²) in [6.45, 7) is 3.54. The first-order valence-corrected chi connectivity index (χ1v) is 15.5. The summed E-state index contributed by atoms with van der Waals surface area (Å²) in [5, 5.41) is 15.2. The van der Waals surface area contributed by atoms with E-state index in [2.05, 4.69) is 10.6 Å². The normalized spacial score (nSPS) is 17.9. The maximum absolute atomic E-state index is 13.5. The Morgan fingerprint density at radius 3 is 2.39 bits per heavy atom. The molecule has 3 amide bonds. The van der Waals surface area contributed by atoms with Crippen molar-refractivity contribution in [1.29, 1.82) is 0 Å². The predicted molar refractivity (Wildman–Crippen MR) is 164 cm³/mol. The van der Waals surface area contributed by atoms with Crippen LogP contribution in [0.2, 0.25) is 0 Å². The van der Waals surface area contributed by atoms with Crippen molar-refractivity contribution in [2.75, 3.05) is 44.5 Å². The Bertz CT molecular complexity index is 1570. The van der Waals surface area contributed by atoms with Crippen molar-refractivity contribution < 1.29 is 37.0 Å². The van der Waals surface area contributed by atoms with Gasteiger partial charge >= 0.3 is 6.03 Å². The number of sulfonamides is 1. The number of amides is 3. The predicted octanol–water partition coefficient (Wildman–Crippen LogP) is 3.95. The van der Waals surface area contributed by atoms with Crippen molar-refractivity contribution in [2.24, 2.45) is 5.92 Å². The van der Waals surface area contributed by atoms with Crippen LogP contribution in [0.15, 0.2) is 71.6 Å². The number of halogens is 1. The second-order valence-electron chi connectivity index (χ2n) is 10.8. The van der Waals surface area contributed by atoms with Gasteiger partial charge in [-0.25, -0.2) is 17.6 Å². The number of carbonyl (C=O) groups excluding carboxylic acids is 2. The summed E-state index contributed by atoms with van der Waals surface area (Å²) in [5.41, 5.74) is 1.25. The molecule has 3 aromatic rings. The molecule has 44 heavy (non-hydrogen) atoms. The Kier molecular flexibility index (Phi) is 10.4. The third-order valence-electron chi connectivity index (χ3n) is 7.48. The van der Waals surface area contributed by atoms with Crippen LogP contribution in [-0.2, 0) is 21.2 Å². The SMILES string of the molecule is COc1ccc(S(=O)(=O)N(C)C[C@@H]2Oc3ccc(NC(=O)Nc4ccc(F)cc4)cc3CC(=O)N([C@@H](C)CO)C[C@H]2C)cc1. The van der Waals surface area contributed by atoms with E-state index < -0.39 is 34.0 Å². The van der Waals surface area contributed by atoms with Gasteiger partial charge in [0, 0.05) is 36.4 Å². The molecule has 0 saturated heterocycles. The molecule has 0 aliphatic carbocycles. The largest absolute Gasteiger partial charge is 0.497 e. The van der Waals surface area contributed by atoms with Crippen LogP contribution in [0.1, 0.15) is 19.4 Å². The lowest BCUT2D eigenvalue weighted by atomic mass is 10.0. The Morgan fingerprint density at radius 2 is 1.75 bits per heavy atom. The Morgan fingerprint density at radius 1 is 1.11 bits per heavy atom. The van der Waals surface area contributed by atoms with Crippen molar-refractivity contribution >= 4 is 33.3 Å². The van der Waals surface area contributed by atoms with Crippen molar-refractivity contribution in [3.63, 3.8) is 0 Å². The number of benzene rings is 3. The zero-order chi connectivity index (χ0) is 32.0. The number of hydrogen-bond acceptors (Lipinski definition) is 7. The third-order valence-corrected chi connectivity index (χ3v) is 9.32. The van der Waals surface area contributed by atoms with Gasteiger partial charge in [-0.2, -0.15) is 4.31 Å². The maximum Gasteiger partial charge on any atom is 0.323 e. The molecule has 13 heteroatoms. The van der Waals surface area contributed by atoms with Crippen LogP contribution in [0.5, 0.6) is 11.5 Å². The molecule has 3 N–H and O–H groups in total. The lowest BCUT2D eigenvalue weighted by Gasteiger charge is -2.33. The fourth-order valence-corrected chi connectivity index (χ4v) is 6.01. The van der Waals surface area contributed by atoms with Gasteiger partial charge in [-0.05, 0) is 73.7 Å². The number of nitrogens with one attached hydrogen (secondary N) is 2. The van der Waals surface area contributed by atoms with Gasteiger partial charge in [0.25, 0.3) is 0 Å². The van der Waals surface area contributed by atoms with Crippen LogP contribution in [0.3, 0.4) is 0 Å². The highest BCUT2D eigenvalue weighted by Crippen LogP contribution is 2.30. The first kappa shape index (κ1) is 32.7. The summed E-state index contributed by atoms with van der Waals surface area (Å²) in [4.78, 5) is 27.7. The molecule has 0 unspecified atom stereocenters. The minimum atomic E-state index is -3.89. The number of methoxy groups -OCH3 is 1. The minimum Gasteiger partial charge on any atom is -0.497 e. The van der Waals surface area contributed by atoms with Crippen LogP contribution >= 0.6 is 0 Å². The van der Waals surface area contributed by atoms with Gasteiger partial charge in [-0.3, -0.25) is 4.79 Å². The highest BCUT2D eigenvalue weighted by molar-refractivity contribution is 7.89. The average molecular weight is 629 g/mol. The van der Waals surface area contributed by atoms with Crippen LogP contribution in [0.25, 0.3) is 0 Å². The topological polar surface area (TPSA) is 138 Å². The Labute approximate surface area is 256 Å². The number of ether oxygens (including phenoxy) is 2. The molecule has 0 fully saturated rings. The number of nitrogens with zero attached hydrogens (tertiary/aromatic N) is 2. The molecule has 0 saturated carbocycles. The standard InChI is InChI=1S/C31H37FN4O7S/c1-20-17-36(21(2)19-37)30(38)16-22-15-25(34-31(39)33-24-7-5-23(32)6-8-24)9-14-28(22)43-29(20)18-35(3)44(40,41)27-12-10-26(42-4)11-13-27/h5-15,20-21,29,37H,16-19H2,1-4H3,(H2,33,34,39)/t20-,21+,29+/m1/s1. The highest BCUT2D eigenvalue weighted by Gasteiger charge is 2.33. The number of aliphatic hydroxyl groups excluding tert-OH is 1. The van der Waals surface area contributed by atoms with E-state index in [4.69, 9.17) is 9.47 Å². The summed E-state index contributed by atoms with van der Waals surface area (Å²) >= 11 is 0. The molecule has 0 spiro atoms. The lowest BCUT2D eigenvalue weighted by Crippen LogP contribution is -2.48. The molecular formula is C31H37FN4O7S. The van der Waals surface area contributed by atoms with E-state index in [-0.39, 0.29) is 42.8 Å². The number of likely N-dealkylation sites (N-methyl/N-ethyl adjacent to an activating group) is 1. The second kappa shape index (κ2) is 14.1. The minimum absolute atomic E-state index is 0.0232. The molecule has 0 radical (unpaired) electrons. The molecule has 0 aromatic heterocycles. The van der Waals surface area contributed by atoms with E-state index in [0.29, 0.717) is 28.4 Å². The molecule has 3 atom stereocenters. The lowest BCUT2D eigenvalue weighted by molar-refractivity contribution is -0.134. The van der Waals surface area contributed by atoms with Crippen LogP contribution in [-0.4, -0.2) is 80.7 Å². The number of aliphatic hydroxyl groups is 1. The fraction of sp³-hybridized carbons (Fsp3) is 0.355. The number of anilines is 2. The van der Waals surface area contributed by atoms with E-state index >= 15 is 0 Å². The van der Waals surface area contributed by atoms with Crippen LogP contribution in [0, 0.1) is 11.7 Å². The first-order valence-electron chi connectivity index (χ1n) is 14.0. The Balaban J connectivity index is 1.60. The van der Waals surface area contributed by atoms with Crippen LogP contribution in [0.4, 0.5) is 20.6 Å². The summed E-state index contributed by atoms with van der Waals surface area (Å²) in [5.74, 6) is -0.114. The van der Waals surface area contributed by atoms with Gasteiger partial charge in [0.2, 0.25) is 15.9 Å². The molecule has 236 valence electrons. The van der Waals surface area contributed by atoms with Crippen LogP contribution < -0.4 is 20.1 Å². The average Bonchev–Trinajstić information content (AvgIpc) is 3.05. The van der Waals surface area contributed by atoms with E-state index in [1.807, 2.05) is 6.92 Å². The number of hydrogen-bond donors (Lipinski definition) is 3. The quantitative estimate of drug-likeness (QED) is 0.326. The molecule has 11 nitrogen and oxygen atoms in total. The third kappa shape index (κ3) is 7.84. The van der Waals surface area contributed by atoms with Crippen molar-refractivity contribution in [2.45, 2.75) is 37.3 Å². The highest BCUT2D eigenvalue weighted by atomic mass is 32.2. The fourth-order valence-electron chi connectivity index (χ4n) is 4.83.